The van der Waals surface area contributed by atoms with Crippen molar-refractivity contribution in [1.29, 1.82) is 0 Å². The Morgan fingerprint density at radius 2 is 2.37 bits per heavy atom. The van der Waals surface area contributed by atoms with Crippen molar-refractivity contribution < 1.29 is 9.53 Å². The van der Waals surface area contributed by atoms with Crippen molar-refractivity contribution in [3.8, 4) is 0 Å². The molecule has 0 aromatic carbocycles. The molecule has 19 heavy (non-hydrogen) atoms. The zero-order valence-corrected chi connectivity index (χ0v) is 11.6. The first-order chi connectivity index (χ1) is 9.15. The van der Waals surface area contributed by atoms with E-state index in [2.05, 4.69) is 10.1 Å². The number of hydrogen-bond donors (Lipinski definition) is 1. The summed E-state index contributed by atoms with van der Waals surface area (Å²) in [6.07, 6.45) is 5.17. The molecule has 1 aliphatic rings. The molecule has 2 rings (SSSR count). The summed E-state index contributed by atoms with van der Waals surface area (Å²) in [5.74, 6) is 1.17. The molecule has 6 nitrogen and oxygen atoms in total. The fraction of sp³-hybridized carbons (Fsp3) is 0.769. The van der Waals surface area contributed by atoms with Gasteiger partial charge in [-0.1, -0.05) is 12.8 Å². The highest BCUT2D eigenvalue weighted by Gasteiger charge is 2.44. The van der Waals surface area contributed by atoms with E-state index in [9.17, 15) is 4.79 Å². The summed E-state index contributed by atoms with van der Waals surface area (Å²) < 4.78 is 6.79. The highest BCUT2D eigenvalue weighted by atomic mass is 16.5. The summed E-state index contributed by atoms with van der Waals surface area (Å²) in [6.45, 7) is 3.02. The summed E-state index contributed by atoms with van der Waals surface area (Å²) in [5.41, 5.74) is 5.25. The van der Waals surface area contributed by atoms with Gasteiger partial charge in [0, 0.05) is 19.5 Å². The van der Waals surface area contributed by atoms with Gasteiger partial charge in [0.15, 0.2) is 0 Å². The number of carbonyl (C=O) groups excluding carboxylic acids is 1. The van der Waals surface area contributed by atoms with Crippen LogP contribution in [0, 0.1) is 11.3 Å². The monoisotopic (exact) mass is 266 g/mol. The van der Waals surface area contributed by atoms with Crippen LogP contribution >= 0.6 is 0 Å². The van der Waals surface area contributed by atoms with Crippen LogP contribution in [0.3, 0.4) is 0 Å². The van der Waals surface area contributed by atoms with Crippen LogP contribution in [-0.2, 0) is 22.5 Å². The molecule has 1 fully saturated rings. The SMILES string of the molecule is CCn1ncnc1CC(CN)(CC1CC1)C(=O)OC. The molecule has 1 heterocycles. The largest absolute Gasteiger partial charge is 0.469 e. The van der Waals surface area contributed by atoms with Crippen molar-refractivity contribution in [3.05, 3.63) is 12.2 Å². The number of nitrogens with two attached hydrogens (primary N) is 1. The van der Waals surface area contributed by atoms with Crippen molar-refractivity contribution >= 4 is 5.97 Å². The normalized spacial score (nSPS) is 18.1. The second-order valence-electron chi connectivity index (χ2n) is 5.29. The quantitative estimate of drug-likeness (QED) is 0.737. The van der Waals surface area contributed by atoms with Gasteiger partial charge in [0.25, 0.3) is 0 Å². The summed E-state index contributed by atoms with van der Waals surface area (Å²) in [5, 5.41) is 4.15. The third-order valence-corrected chi connectivity index (χ3v) is 3.88. The van der Waals surface area contributed by atoms with E-state index in [1.807, 2.05) is 6.92 Å². The van der Waals surface area contributed by atoms with E-state index in [1.54, 1.807) is 4.68 Å². The van der Waals surface area contributed by atoms with E-state index >= 15 is 0 Å². The van der Waals surface area contributed by atoms with Gasteiger partial charge in [0.05, 0.1) is 12.5 Å². The molecule has 2 N–H and O–H groups in total. The average Bonchev–Trinajstić information content (AvgIpc) is 3.13. The van der Waals surface area contributed by atoms with Crippen molar-refractivity contribution in [2.24, 2.45) is 17.1 Å². The Balaban J connectivity index is 2.22. The van der Waals surface area contributed by atoms with E-state index < -0.39 is 5.41 Å². The second kappa shape index (κ2) is 5.69. The predicted octanol–water partition coefficient (Wildman–Crippen LogP) is 0.759. The van der Waals surface area contributed by atoms with Crippen LogP contribution in [-0.4, -0.2) is 34.4 Å². The minimum atomic E-state index is -0.657. The molecule has 1 aliphatic carbocycles. The number of esters is 1. The van der Waals surface area contributed by atoms with Crippen LogP contribution in [0.4, 0.5) is 0 Å². The van der Waals surface area contributed by atoms with E-state index in [4.69, 9.17) is 10.5 Å². The molecule has 106 valence electrons. The number of rotatable bonds is 7. The molecule has 0 radical (unpaired) electrons. The van der Waals surface area contributed by atoms with Crippen LogP contribution in [0.25, 0.3) is 0 Å². The molecule has 1 atom stereocenters. The molecule has 0 amide bonds. The molecular weight excluding hydrogens is 244 g/mol. The van der Waals surface area contributed by atoms with Crippen molar-refractivity contribution in [1.82, 2.24) is 14.8 Å². The maximum Gasteiger partial charge on any atom is 0.313 e. The van der Waals surface area contributed by atoms with Crippen LogP contribution < -0.4 is 5.73 Å². The highest BCUT2D eigenvalue weighted by molar-refractivity contribution is 5.77. The Kier molecular flexibility index (Phi) is 4.19. The van der Waals surface area contributed by atoms with Gasteiger partial charge in [-0.3, -0.25) is 9.48 Å². The van der Waals surface area contributed by atoms with Gasteiger partial charge in [-0.2, -0.15) is 5.10 Å². The number of hydrogen-bond acceptors (Lipinski definition) is 5. The van der Waals surface area contributed by atoms with Gasteiger partial charge < -0.3 is 10.5 Å². The second-order valence-corrected chi connectivity index (χ2v) is 5.29. The zero-order valence-electron chi connectivity index (χ0n) is 11.6. The fourth-order valence-electron chi connectivity index (χ4n) is 2.55. The number of carbonyl (C=O) groups is 1. The lowest BCUT2D eigenvalue weighted by Crippen LogP contribution is -2.42. The molecule has 1 saturated carbocycles. The molecule has 1 aromatic heterocycles. The van der Waals surface area contributed by atoms with Crippen molar-refractivity contribution in [3.63, 3.8) is 0 Å². The standard InChI is InChI=1S/C13H22N4O2/c1-3-17-11(15-9-16-17)7-13(8-14,12(18)19-2)6-10-4-5-10/h9-10H,3-8,14H2,1-2H3. The Hall–Kier alpha value is -1.43. The van der Waals surface area contributed by atoms with Crippen LogP contribution in [0.5, 0.6) is 0 Å². The van der Waals surface area contributed by atoms with E-state index in [0.717, 1.165) is 18.8 Å². The molecule has 0 spiro atoms. The molecule has 6 heteroatoms. The number of ether oxygens (including phenoxy) is 1. The van der Waals surface area contributed by atoms with Gasteiger partial charge in [0.1, 0.15) is 12.2 Å². The smallest absolute Gasteiger partial charge is 0.313 e. The van der Waals surface area contributed by atoms with Crippen molar-refractivity contribution in [2.75, 3.05) is 13.7 Å². The van der Waals surface area contributed by atoms with Gasteiger partial charge >= 0.3 is 5.97 Å². The lowest BCUT2D eigenvalue weighted by Gasteiger charge is -2.29. The topological polar surface area (TPSA) is 83.0 Å². The molecular formula is C13H22N4O2. The highest BCUT2D eigenvalue weighted by Crippen LogP contribution is 2.42. The molecule has 0 aliphatic heterocycles. The minimum Gasteiger partial charge on any atom is -0.469 e. The summed E-state index contributed by atoms with van der Waals surface area (Å²) in [4.78, 5) is 16.4. The number of aryl methyl sites for hydroxylation is 1. The van der Waals surface area contributed by atoms with E-state index in [0.29, 0.717) is 12.3 Å². The number of methoxy groups -OCH3 is 1. The maximum absolute atomic E-state index is 12.2. The van der Waals surface area contributed by atoms with Gasteiger partial charge in [-0.15, -0.1) is 0 Å². The maximum atomic E-state index is 12.2. The predicted molar refractivity (Wildman–Crippen MR) is 70.2 cm³/mol. The van der Waals surface area contributed by atoms with Crippen LogP contribution in [0.2, 0.25) is 0 Å². The van der Waals surface area contributed by atoms with E-state index in [-0.39, 0.29) is 12.5 Å². The lowest BCUT2D eigenvalue weighted by atomic mass is 9.79. The third-order valence-electron chi connectivity index (χ3n) is 3.88. The first-order valence-electron chi connectivity index (χ1n) is 6.80. The summed E-state index contributed by atoms with van der Waals surface area (Å²) in [6, 6.07) is 0. The van der Waals surface area contributed by atoms with E-state index in [1.165, 1.54) is 26.3 Å². The number of nitrogens with zero attached hydrogens (tertiary/aromatic N) is 3. The average molecular weight is 266 g/mol. The Morgan fingerprint density at radius 3 is 2.89 bits per heavy atom. The zero-order chi connectivity index (χ0) is 13.9. The van der Waals surface area contributed by atoms with Crippen molar-refractivity contribution in [2.45, 2.75) is 39.2 Å². The lowest BCUT2D eigenvalue weighted by molar-refractivity contribution is -0.153. The van der Waals surface area contributed by atoms with Crippen LogP contribution in [0.15, 0.2) is 6.33 Å². The van der Waals surface area contributed by atoms with Gasteiger partial charge in [0.2, 0.25) is 0 Å². The third kappa shape index (κ3) is 2.94. The first kappa shape index (κ1) is 14.0. The summed E-state index contributed by atoms with van der Waals surface area (Å²) >= 11 is 0. The fourth-order valence-corrected chi connectivity index (χ4v) is 2.55. The Labute approximate surface area is 113 Å². The minimum absolute atomic E-state index is 0.229. The number of aromatic nitrogens is 3. The molecule has 0 saturated heterocycles. The molecule has 1 unspecified atom stereocenters. The summed E-state index contributed by atoms with van der Waals surface area (Å²) in [7, 11) is 1.42. The Bertz CT molecular complexity index is 442. The van der Waals surface area contributed by atoms with Gasteiger partial charge in [-0.25, -0.2) is 4.98 Å². The first-order valence-corrected chi connectivity index (χ1v) is 6.80. The molecule has 1 aromatic rings. The van der Waals surface area contributed by atoms with Crippen LogP contribution in [0.1, 0.15) is 32.0 Å². The van der Waals surface area contributed by atoms with Gasteiger partial charge in [-0.05, 0) is 19.3 Å². The molecule has 0 bridgehead atoms. The Morgan fingerprint density at radius 1 is 1.63 bits per heavy atom.